The summed E-state index contributed by atoms with van der Waals surface area (Å²) in [6.07, 6.45) is 1.35. The van der Waals surface area contributed by atoms with E-state index in [2.05, 4.69) is 15.3 Å². The topological polar surface area (TPSA) is 87.6 Å². The fraction of sp³-hybridized carbons (Fsp3) is 0.214. The monoisotopic (exact) mass is 271 g/mol. The van der Waals surface area contributed by atoms with Crippen LogP contribution in [0.15, 0.2) is 24.5 Å². The number of halogens is 1. The summed E-state index contributed by atoms with van der Waals surface area (Å²) in [5.41, 5.74) is 7.30. The van der Waals surface area contributed by atoms with Crippen molar-refractivity contribution in [3.05, 3.63) is 41.5 Å². The minimum atomic E-state index is -0.460. The van der Waals surface area contributed by atoms with Gasteiger partial charge in [-0.3, -0.25) is 0 Å². The van der Waals surface area contributed by atoms with Gasteiger partial charge in [-0.2, -0.15) is 5.26 Å². The van der Waals surface area contributed by atoms with Crippen molar-refractivity contribution >= 4 is 17.3 Å². The Morgan fingerprint density at radius 3 is 2.75 bits per heavy atom. The molecule has 0 radical (unpaired) electrons. The molecule has 0 aliphatic carbocycles. The number of hydrogen-bond donors (Lipinski definition) is 2. The predicted octanol–water partition coefficient (Wildman–Crippen LogP) is 2.94. The van der Waals surface area contributed by atoms with Gasteiger partial charge in [-0.25, -0.2) is 14.4 Å². The molecule has 0 atom stereocenters. The number of rotatable bonds is 3. The number of nitrogens with zero attached hydrogens (tertiary/aromatic N) is 3. The number of nitrogen functional groups attached to an aromatic ring is 1. The third kappa shape index (κ3) is 2.67. The zero-order chi connectivity index (χ0) is 14.7. The molecule has 3 N–H and O–H groups in total. The summed E-state index contributed by atoms with van der Waals surface area (Å²) >= 11 is 0. The number of benzene rings is 1. The highest BCUT2D eigenvalue weighted by atomic mass is 19.1. The summed E-state index contributed by atoms with van der Waals surface area (Å²) in [5.74, 6) is 0.566. The molecule has 2 rings (SSSR count). The Bertz CT molecular complexity index is 676. The third-order valence-electron chi connectivity index (χ3n) is 2.85. The van der Waals surface area contributed by atoms with Crippen LogP contribution in [-0.2, 0) is 0 Å². The smallest absolute Gasteiger partial charge is 0.139 e. The highest BCUT2D eigenvalue weighted by Gasteiger charge is 2.14. The van der Waals surface area contributed by atoms with Gasteiger partial charge in [-0.1, -0.05) is 13.8 Å². The molecule has 0 aliphatic rings. The molecule has 0 spiro atoms. The van der Waals surface area contributed by atoms with Crippen molar-refractivity contribution < 1.29 is 4.39 Å². The Kier molecular flexibility index (Phi) is 3.80. The largest absolute Gasteiger partial charge is 0.383 e. The Labute approximate surface area is 116 Å². The lowest BCUT2D eigenvalue weighted by molar-refractivity contribution is 0.627. The van der Waals surface area contributed by atoms with Crippen LogP contribution in [-0.4, -0.2) is 9.97 Å². The van der Waals surface area contributed by atoms with Crippen LogP contribution in [0.3, 0.4) is 0 Å². The zero-order valence-corrected chi connectivity index (χ0v) is 11.2. The summed E-state index contributed by atoms with van der Waals surface area (Å²) in [6.45, 7) is 3.94. The van der Waals surface area contributed by atoms with Crippen molar-refractivity contribution in [1.82, 2.24) is 9.97 Å². The minimum Gasteiger partial charge on any atom is -0.383 e. The maximum Gasteiger partial charge on any atom is 0.139 e. The molecule has 1 aromatic carbocycles. The van der Waals surface area contributed by atoms with Gasteiger partial charge in [0.05, 0.1) is 11.3 Å². The first-order valence-corrected chi connectivity index (χ1v) is 6.10. The van der Waals surface area contributed by atoms with Crippen LogP contribution in [0.5, 0.6) is 0 Å². The van der Waals surface area contributed by atoms with Crippen molar-refractivity contribution in [2.45, 2.75) is 19.8 Å². The first-order chi connectivity index (χ1) is 9.52. The van der Waals surface area contributed by atoms with Crippen molar-refractivity contribution in [3.8, 4) is 6.07 Å². The summed E-state index contributed by atoms with van der Waals surface area (Å²) in [6, 6.07) is 5.89. The van der Waals surface area contributed by atoms with E-state index in [1.165, 1.54) is 24.5 Å². The summed E-state index contributed by atoms with van der Waals surface area (Å²) in [5, 5.41) is 12.1. The van der Waals surface area contributed by atoms with Crippen molar-refractivity contribution in [2.24, 2.45) is 0 Å². The fourth-order valence-corrected chi connectivity index (χ4v) is 1.92. The molecule has 0 saturated carbocycles. The molecule has 5 nitrogen and oxygen atoms in total. The van der Waals surface area contributed by atoms with E-state index in [4.69, 9.17) is 11.0 Å². The van der Waals surface area contributed by atoms with Gasteiger partial charge in [-0.15, -0.1) is 0 Å². The van der Waals surface area contributed by atoms with Crippen molar-refractivity contribution in [2.75, 3.05) is 11.1 Å². The second-order valence-corrected chi connectivity index (χ2v) is 4.60. The normalized spacial score (nSPS) is 10.3. The molecule has 0 amide bonds. The van der Waals surface area contributed by atoms with E-state index in [9.17, 15) is 4.39 Å². The van der Waals surface area contributed by atoms with E-state index in [1.807, 2.05) is 19.9 Å². The number of nitriles is 1. The standard InChI is InChI=1S/C14H14FN5/c1-8(2)12-13(17)18-7-19-14(12)20-11-4-3-10(15)5-9(11)6-16/h3-5,7-8H,1-2H3,(H3,17,18,19,20). The van der Waals surface area contributed by atoms with E-state index in [0.717, 1.165) is 5.56 Å². The van der Waals surface area contributed by atoms with Gasteiger partial charge >= 0.3 is 0 Å². The lowest BCUT2D eigenvalue weighted by Gasteiger charge is -2.15. The number of nitrogens with one attached hydrogen (secondary N) is 1. The first-order valence-electron chi connectivity index (χ1n) is 6.10. The van der Waals surface area contributed by atoms with Crippen molar-refractivity contribution in [3.63, 3.8) is 0 Å². The van der Waals surface area contributed by atoms with Gasteiger partial charge in [0.1, 0.15) is 29.8 Å². The number of nitrogens with two attached hydrogens (primary N) is 1. The Hall–Kier alpha value is -2.68. The molecular formula is C14H14FN5. The molecule has 20 heavy (non-hydrogen) atoms. The summed E-state index contributed by atoms with van der Waals surface area (Å²) in [4.78, 5) is 8.11. The predicted molar refractivity (Wildman–Crippen MR) is 74.9 cm³/mol. The second kappa shape index (κ2) is 5.53. The maximum atomic E-state index is 13.1. The lowest BCUT2D eigenvalue weighted by Crippen LogP contribution is -2.07. The van der Waals surface area contributed by atoms with E-state index in [-0.39, 0.29) is 11.5 Å². The van der Waals surface area contributed by atoms with Crippen LogP contribution in [0.2, 0.25) is 0 Å². The average Bonchev–Trinajstić information content (AvgIpc) is 2.40. The maximum absolute atomic E-state index is 13.1. The molecule has 0 saturated heterocycles. The second-order valence-electron chi connectivity index (χ2n) is 4.60. The molecular weight excluding hydrogens is 257 g/mol. The SMILES string of the molecule is CC(C)c1c(N)ncnc1Nc1ccc(F)cc1C#N. The quantitative estimate of drug-likeness (QED) is 0.896. The Balaban J connectivity index is 2.46. The number of hydrogen-bond acceptors (Lipinski definition) is 5. The first kappa shape index (κ1) is 13.7. The summed E-state index contributed by atoms with van der Waals surface area (Å²) in [7, 11) is 0. The van der Waals surface area contributed by atoms with Gasteiger partial charge in [-0.05, 0) is 24.1 Å². The zero-order valence-electron chi connectivity index (χ0n) is 11.2. The number of aromatic nitrogens is 2. The van der Waals surface area contributed by atoms with Gasteiger partial charge in [0.2, 0.25) is 0 Å². The summed E-state index contributed by atoms with van der Waals surface area (Å²) < 4.78 is 13.1. The van der Waals surface area contributed by atoms with Gasteiger partial charge < -0.3 is 11.1 Å². The average molecular weight is 271 g/mol. The lowest BCUT2D eigenvalue weighted by atomic mass is 10.0. The molecule has 1 aromatic heterocycles. The number of anilines is 3. The van der Waals surface area contributed by atoms with E-state index < -0.39 is 5.82 Å². The molecule has 0 unspecified atom stereocenters. The highest BCUT2D eigenvalue weighted by molar-refractivity contribution is 5.69. The van der Waals surface area contributed by atoms with Gasteiger partial charge in [0, 0.05) is 5.56 Å². The Morgan fingerprint density at radius 2 is 2.10 bits per heavy atom. The van der Waals surface area contributed by atoms with Crippen molar-refractivity contribution in [1.29, 1.82) is 5.26 Å². The molecule has 6 heteroatoms. The fourth-order valence-electron chi connectivity index (χ4n) is 1.92. The molecule has 102 valence electrons. The van der Waals surface area contributed by atoms with Crippen LogP contribution < -0.4 is 11.1 Å². The molecule has 0 fully saturated rings. The highest BCUT2D eigenvalue weighted by Crippen LogP contribution is 2.29. The molecule has 2 aromatic rings. The Morgan fingerprint density at radius 1 is 1.35 bits per heavy atom. The van der Waals surface area contributed by atoms with Crippen LogP contribution in [0.4, 0.5) is 21.7 Å². The molecule has 0 aliphatic heterocycles. The van der Waals surface area contributed by atoms with Crippen LogP contribution in [0.1, 0.15) is 30.9 Å². The molecule has 1 heterocycles. The van der Waals surface area contributed by atoms with E-state index in [0.29, 0.717) is 17.3 Å². The van der Waals surface area contributed by atoms with E-state index >= 15 is 0 Å². The third-order valence-corrected chi connectivity index (χ3v) is 2.85. The van der Waals surface area contributed by atoms with E-state index in [1.54, 1.807) is 0 Å². The van der Waals surface area contributed by atoms with Gasteiger partial charge in [0.15, 0.2) is 0 Å². The minimum absolute atomic E-state index is 0.115. The van der Waals surface area contributed by atoms with Crippen LogP contribution in [0.25, 0.3) is 0 Å². The molecule has 0 bridgehead atoms. The van der Waals surface area contributed by atoms with Crippen LogP contribution >= 0.6 is 0 Å². The van der Waals surface area contributed by atoms with Crippen LogP contribution in [0, 0.1) is 17.1 Å². The van der Waals surface area contributed by atoms with Gasteiger partial charge in [0.25, 0.3) is 0 Å².